The molecule has 1 unspecified atom stereocenters. The third-order valence-corrected chi connectivity index (χ3v) is 5.59. The molecule has 1 aromatic rings. The number of rotatable bonds is 3. The summed E-state index contributed by atoms with van der Waals surface area (Å²) in [5.74, 6) is -0.662. The van der Waals surface area contributed by atoms with Gasteiger partial charge in [0.05, 0.1) is 5.56 Å². The first-order chi connectivity index (χ1) is 10.1. The van der Waals surface area contributed by atoms with E-state index in [2.05, 4.69) is 46.2 Å². The van der Waals surface area contributed by atoms with Crippen LogP contribution >= 0.6 is 0 Å². The largest absolute Gasteiger partial charge is 0.478 e. The smallest absolute Gasteiger partial charge is 0.335 e. The standard InChI is InChI=1S/C19H27NO2/c1-7-13-8-9-14(17(21)22)15(12-13)16-10-11-18(2,3)20(6)19(16,4)5/h7-9,12,16H,1,10-11H2,2-6H3,(H,21,22). The van der Waals surface area contributed by atoms with Crippen LogP contribution in [0.3, 0.4) is 0 Å². The molecule has 1 aliphatic rings. The minimum Gasteiger partial charge on any atom is -0.478 e. The summed E-state index contributed by atoms with van der Waals surface area (Å²) < 4.78 is 0. The number of carboxylic acids is 1. The molecule has 1 saturated heterocycles. The van der Waals surface area contributed by atoms with E-state index in [4.69, 9.17) is 0 Å². The van der Waals surface area contributed by atoms with Crippen LogP contribution in [0.5, 0.6) is 0 Å². The van der Waals surface area contributed by atoms with E-state index in [1.165, 1.54) is 0 Å². The van der Waals surface area contributed by atoms with Gasteiger partial charge >= 0.3 is 5.97 Å². The Bertz CT molecular complexity index is 601. The van der Waals surface area contributed by atoms with Crippen molar-refractivity contribution >= 4 is 12.0 Å². The summed E-state index contributed by atoms with van der Waals surface area (Å²) in [4.78, 5) is 14.0. The minimum atomic E-state index is -0.853. The molecule has 1 fully saturated rings. The van der Waals surface area contributed by atoms with E-state index in [1.54, 1.807) is 12.1 Å². The summed E-state index contributed by atoms with van der Waals surface area (Å²) in [6, 6.07) is 5.53. The Kier molecular flexibility index (Phi) is 4.22. The Morgan fingerprint density at radius 1 is 1.36 bits per heavy atom. The van der Waals surface area contributed by atoms with Crippen LogP contribution in [0, 0.1) is 0 Å². The van der Waals surface area contributed by atoms with Crippen LogP contribution in [-0.4, -0.2) is 34.1 Å². The summed E-state index contributed by atoms with van der Waals surface area (Å²) in [7, 11) is 2.14. The van der Waals surface area contributed by atoms with Crippen molar-refractivity contribution in [1.29, 1.82) is 0 Å². The second-order valence-corrected chi connectivity index (χ2v) is 7.47. The van der Waals surface area contributed by atoms with E-state index < -0.39 is 5.97 Å². The zero-order valence-corrected chi connectivity index (χ0v) is 14.3. The molecule has 0 bridgehead atoms. The first kappa shape index (κ1) is 16.8. The van der Waals surface area contributed by atoms with Crippen molar-refractivity contribution in [1.82, 2.24) is 4.90 Å². The van der Waals surface area contributed by atoms with Crippen molar-refractivity contribution < 1.29 is 9.90 Å². The number of nitrogens with zero attached hydrogens (tertiary/aromatic N) is 1. The monoisotopic (exact) mass is 301 g/mol. The second kappa shape index (κ2) is 5.54. The number of hydrogen-bond acceptors (Lipinski definition) is 2. The van der Waals surface area contributed by atoms with Crippen molar-refractivity contribution in [2.75, 3.05) is 7.05 Å². The molecule has 0 amide bonds. The Morgan fingerprint density at radius 2 is 2.00 bits per heavy atom. The quantitative estimate of drug-likeness (QED) is 0.900. The maximum Gasteiger partial charge on any atom is 0.335 e. The summed E-state index contributed by atoms with van der Waals surface area (Å²) in [5.41, 5.74) is 2.34. The number of aromatic carboxylic acids is 1. The predicted molar refractivity (Wildman–Crippen MR) is 91.4 cm³/mol. The van der Waals surface area contributed by atoms with Gasteiger partial charge in [-0.3, -0.25) is 4.90 Å². The number of likely N-dealkylation sites (N-methyl/N-ethyl adjacent to an activating group) is 1. The highest BCUT2D eigenvalue weighted by Crippen LogP contribution is 2.46. The van der Waals surface area contributed by atoms with Gasteiger partial charge in [-0.15, -0.1) is 0 Å². The Balaban J connectivity index is 2.55. The van der Waals surface area contributed by atoms with Gasteiger partial charge in [-0.1, -0.05) is 24.8 Å². The minimum absolute atomic E-state index is 0.105. The Hall–Kier alpha value is -1.61. The van der Waals surface area contributed by atoms with Crippen LogP contribution in [0.4, 0.5) is 0 Å². The molecule has 1 N–H and O–H groups in total. The van der Waals surface area contributed by atoms with Crippen LogP contribution in [0.2, 0.25) is 0 Å². The zero-order chi connectivity index (χ0) is 16.7. The maximum atomic E-state index is 11.6. The fraction of sp³-hybridized carbons (Fsp3) is 0.526. The molecule has 3 nitrogen and oxygen atoms in total. The van der Waals surface area contributed by atoms with E-state index in [1.807, 2.05) is 12.1 Å². The molecule has 2 rings (SSSR count). The van der Waals surface area contributed by atoms with Crippen molar-refractivity contribution in [2.45, 2.75) is 57.5 Å². The Morgan fingerprint density at radius 3 is 2.55 bits per heavy atom. The summed E-state index contributed by atoms with van der Waals surface area (Å²) >= 11 is 0. The lowest BCUT2D eigenvalue weighted by molar-refractivity contribution is -0.0190. The molecule has 22 heavy (non-hydrogen) atoms. The van der Waals surface area contributed by atoms with E-state index in [-0.39, 0.29) is 17.0 Å². The van der Waals surface area contributed by atoms with Gasteiger partial charge in [0.2, 0.25) is 0 Å². The van der Waals surface area contributed by atoms with Crippen LogP contribution in [0.25, 0.3) is 6.08 Å². The van der Waals surface area contributed by atoms with Crippen molar-refractivity contribution in [3.63, 3.8) is 0 Å². The molecule has 1 aliphatic heterocycles. The van der Waals surface area contributed by atoms with Gasteiger partial charge in [-0.2, -0.15) is 0 Å². The highest BCUT2D eigenvalue weighted by atomic mass is 16.4. The van der Waals surface area contributed by atoms with Crippen LogP contribution in [0.15, 0.2) is 24.8 Å². The molecule has 1 aromatic carbocycles. The molecule has 1 heterocycles. The van der Waals surface area contributed by atoms with Gasteiger partial charge in [-0.25, -0.2) is 4.79 Å². The number of carbonyl (C=O) groups is 1. The fourth-order valence-corrected chi connectivity index (χ4v) is 3.76. The fourth-order valence-electron chi connectivity index (χ4n) is 3.76. The van der Waals surface area contributed by atoms with Crippen molar-refractivity contribution in [2.24, 2.45) is 0 Å². The summed E-state index contributed by atoms with van der Waals surface area (Å²) in [6.45, 7) is 12.7. The van der Waals surface area contributed by atoms with Crippen LogP contribution in [-0.2, 0) is 0 Å². The zero-order valence-electron chi connectivity index (χ0n) is 14.3. The first-order valence-electron chi connectivity index (χ1n) is 7.85. The third kappa shape index (κ3) is 2.70. The average Bonchev–Trinajstić information content (AvgIpc) is 2.44. The number of hydrogen-bond donors (Lipinski definition) is 1. The highest BCUT2D eigenvalue weighted by molar-refractivity contribution is 5.90. The second-order valence-electron chi connectivity index (χ2n) is 7.47. The lowest BCUT2D eigenvalue weighted by Gasteiger charge is -2.55. The molecule has 1 atom stereocenters. The van der Waals surface area contributed by atoms with Gasteiger partial charge in [0, 0.05) is 17.0 Å². The summed E-state index contributed by atoms with van der Waals surface area (Å²) in [6.07, 6.45) is 3.82. The molecule has 0 aliphatic carbocycles. The van der Waals surface area contributed by atoms with Gasteiger partial charge in [-0.05, 0) is 64.8 Å². The van der Waals surface area contributed by atoms with Gasteiger partial charge in [0.25, 0.3) is 0 Å². The van der Waals surface area contributed by atoms with E-state index in [9.17, 15) is 9.90 Å². The lowest BCUT2D eigenvalue weighted by Crippen LogP contribution is -2.59. The average molecular weight is 301 g/mol. The first-order valence-corrected chi connectivity index (χ1v) is 7.85. The normalized spacial score (nSPS) is 24.0. The molecule has 3 heteroatoms. The molecule has 0 saturated carbocycles. The third-order valence-electron chi connectivity index (χ3n) is 5.59. The highest BCUT2D eigenvalue weighted by Gasteiger charge is 2.46. The number of benzene rings is 1. The van der Waals surface area contributed by atoms with E-state index in [0.29, 0.717) is 5.56 Å². The van der Waals surface area contributed by atoms with Crippen molar-refractivity contribution in [3.8, 4) is 0 Å². The molecular formula is C19H27NO2. The summed E-state index contributed by atoms with van der Waals surface area (Å²) in [5, 5.41) is 9.56. The lowest BCUT2D eigenvalue weighted by atomic mass is 9.69. The SMILES string of the molecule is C=Cc1ccc(C(=O)O)c(C2CCC(C)(C)N(C)C2(C)C)c1. The van der Waals surface area contributed by atoms with Crippen LogP contribution < -0.4 is 0 Å². The molecule has 0 aromatic heterocycles. The van der Waals surface area contributed by atoms with E-state index >= 15 is 0 Å². The molecule has 0 radical (unpaired) electrons. The van der Waals surface area contributed by atoms with Crippen LogP contribution in [0.1, 0.15) is 67.9 Å². The predicted octanol–water partition coefficient (Wildman–Crippen LogP) is 4.39. The molecular weight excluding hydrogens is 274 g/mol. The van der Waals surface area contributed by atoms with Gasteiger partial charge in [0.1, 0.15) is 0 Å². The number of likely N-dealkylation sites (tertiary alicyclic amines) is 1. The number of carboxylic acid groups (broad SMARTS) is 1. The van der Waals surface area contributed by atoms with Crippen molar-refractivity contribution in [3.05, 3.63) is 41.5 Å². The topological polar surface area (TPSA) is 40.5 Å². The van der Waals surface area contributed by atoms with Gasteiger partial charge < -0.3 is 5.11 Å². The van der Waals surface area contributed by atoms with E-state index in [0.717, 1.165) is 24.0 Å². The molecule has 0 spiro atoms. The Labute approximate surface area is 133 Å². The molecule has 120 valence electrons. The van der Waals surface area contributed by atoms with Gasteiger partial charge in [0.15, 0.2) is 0 Å². The maximum absolute atomic E-state index is 11.6. The number of piperidine rings is 1.